The van der Waals surface area contributed by atoms with Crippen molar-refractivity contribution in [3.05, 3.63) is 0 Å². The average Bonchev–Trinajstić information content (AvgIpc) is 2.42. The van der Waals surface area contributed by atoms with Gasteiger partial charge in [-0.2, -0.15) is 11.8 Å². The van der Waals surface area contributed by atoms with E-state index in [9.17, 15) is 0 Å². The first kappa shape index (κ1) is 14.2. The molecule has 0 bridgehead atoms. The van der Waals surface area contributed by atoms with Crippen LogP contribution >= 0.6 is 11.8 Å². The molecule has 0 aromatic heterocycles. The van der Waals surface area contributed by atoms with Crippen molar-refractivity contribution < 1.29 is 0 Å². The highest BCUT2D eigenvalue weighted by atomic mass is 32.2. The second kappa shape index (κ2) is 5.95. The highest BCUT2D eigenvalue weighted by Gasteiger charge is 2.42. The lowest BCUT2D eigenvalue weighted by Gasteiger charge is -2.52. The Kier molecular flexibility index (Phi) is 4.45. The van der Waals surface area contributed by atoms with Gasteiger partial charge in [0.25, 0.3) is 0 Å². The van der Waals surface area contributed by atoms with Crippen molar-refractivity contribution in [2.75, 3.05) is 32.4 Å². The number of fused-ring (bicyclic) bond motifs is 1. The third kappa shape index (κ3) is 2.84. The molecule has 0 amide bonds. The van der Waals surface area contributed by atoms with E-state index < -0.39 is 0 Å². The summed E-state index contributed by atoms with van der Waals surface area (Å²) in [6.07, 6.45) is 12.4. The maximum absolute atomic E-state index is 2.86. The van der Waals surface area contributed by atoms with Gasteiger partial charge in [0.05, 0.1) is 0 Å². The Balaban J connectivity index is 1.65. The summed E-state index contributed by atoms with van der Waals surface area (Å²) in [7, 11) is 0. The molecule has 0 radical (unpaired) electrons. The van der Waals surface area contributed by atoms with E-state index in [4.69, 9.17) is 0 Å². The summed E-state index contributed by atoms with van der Waals surface area (Å²) in [5.74, 6) is 0. The minimum Gasteiger partial charge on any atom is -0.298 e. The van der Waals surface area contributed by atoms with E-state index in [1.165, 1.54) is 71.1 Å². The van der Waals surface area contributed by atoms with Crippen LogP contribution < -0.4 is 0 Å². The van der Waals surface area contributed by atoms with Crippen molar-refractivity contribution in [1.29, 1.82) is 0 Å². The van der Waals surface area contributed by atoms with E-state index in [0.717, 1.165) is 12.1 Å². The minimum absolute atomic E-state index is 0.615. The SMILES string of the molecule is CCC1CN2CCCCC2CN1CC1(SC)CCC1. The molecule has 110 valence electrons. The first-order chi connectivity index (χ1) is 9.26. The summed E-state index contributed by atoms with van der Waals surface area (Å²) >= 11 is 2.14. The van der Waals surface area contributed by atoms with Crippen LogP contribution in [-0.4, -0.2) is 59.1 Å². The molecule has 2 unspecified atom stereocenters. The van der Waals surface area contributed by atoms with Gasteiger partial charge in [0.1, 0.15) is 0 Å². The first-order valence-electron chi connectivity index (χ1n) is 8.29. The molecular formula is C16H30N2S. The molecule has 2 nitrogen and oxygen atoms in total. The largest absolute Gasteiger partial charge is 0.298 e. The van der Waals surface area contributed by atoms with E-state index in [1.807, 2.05) is 0 Å². The molecular weight excluding hydrogens is 252 g/mol. The molecule has 2 atom stereocenters. The van der Waals surface area contributed by atoms with E-state index in [1.54, 1.807) is 0 Å². The molecule has 2 saturated heterocycles. The van der Waals surface area contributed by atoms with Crippen molar-refractivity contribution in [3.63, 3.8) is 0 Å². The van der Waals surface area contributed by atoms with Crippen molar-refractivity contribution in [3.8, 4) is 0 Å². The molecule has 3 fully saturated rings. The predicted octanol–water partition coefficient (Wildman–Crippen LogP) is 3.22. The van der Waals surface area contributed by atoms with Crippen LogP contribution in [0.15, 0.2) is 0 Å². The average molecular weight is 282 g/mol. The van der Waals surface area contributed by atoms with Gasteiger partial charge < -0.3 is 0 Å². The number of thioether (sulfide) groups is 1. The lowest BCUT2D eigenvalue weighted by Crippen LogP contribution is -2.62. The van der Waals surface area contributed by atoms with Crippen molar-refractivity contribution in [2.24, 2.45) is 0 Å². The Morgan fingerprint density at radius 2 is 2.00 bits per heavy atom. The molecule has 0 aromatic rings. The maximum atomic E-state index is 2.86. The normalized spacial score (nSPS) is 35.7. The molecule has 3 rings (SSSR count). The molecule has 1 aliphatic carbocycles. The van der Waals surface area contributed by atoms with Crippen molar-refractivity contribution in [1.82, 2.24) is 9.80 Å². The van der Waals surface area contributed by atoms with E-state index in [-0.39, 0.29) is 0 Å². The molecule has 0 N–H and O–H groups in total. The predicted molar refractivity (Wildman–Crippen MR) is 85.0 cm³/mol. The lowest BCUT2D eigenvalue weighted by atomic mass is 9.82. The van der Waals surface area contributed by atoms with Gasteiger partial charge in [-0.15, -0.1) is 0 Å². The van der Waals surface area contributed by atoms with E-state index >= 15 is 0 Å². The van der Waals surface area contributed by atoms with Crippen LogP contribution in [0, 0.1) is 0 Å². The zero-order chi connectivity index (χ0) is 13.3. The lowest BCUT2D eigenvalue weighted by molar-refractivity contribution is -0.00183. The van der Waals surface area contributed by atoms with Gasteiger partial charge in [-0.1, -0.05) is 19.8 Å². The fourth-order valence-electron chi connectivity index (χ4n) is 4.26. The van der Waals surface area contributed by atoms with Crippen LogP contribution in [0.2, 0.25) is 0 Å². The van der Waals surface area contributed by atoms with Crippen molar-refractivity contribution in [2.45, 2.75) is 68.7 Å². The van der Waals surface area contributed by atoms with Crippen LogP contribution in [0.4, 0.5) is 0 Å². The van der Waals surface area contributed by atoms with Crippen LogP contribution in [-0.2, 0) is 0 Å². The number of hydrogen-bond donors (Lipinski definition) is 0. The number of hydrogen-bond acceptors (Lipinski definition) is 3. The molecule has 0 aromatic carbocycles. The quantitative estimate of drug-likeness (QED) is 0.782. The fraction of sp³-hybridized carbons (Fsp3) is 1.00. The van der Waals surface area contributed by atoms with Gasteiger partial charge in [0, 0.05) is 36.5 Å². The Bertz CT molecular complexity index is 298. The second-order valence-corrected chi connectivity index (χ2v) is 8.15. The number of piperazine rings is 1. The van der Waals surface area contributed by atoms with Gasteiger partial charge in [-0.3, -0.25) is 9.80 Å². The van der Waals surface area contributed by atoms with E-state index in [0.29, 0.717) is 4.75 Å². The Morgan fingerprint density at radius 3 is 2.63 bits per heavy atom. The minimum atomic E-state index is 0.615. The molecule has 2 heterocycles. The molecule has 0 spiro atoms. The van der Waals surface area contributed by atoms with Gasteiger partial charge in [0.2, 0.25) is 0 Å². The highest BCUT2D eigenvalue weighted by Crippen LogP contribution is 2.44. The summed E-state index contributed by atoms with van der Waals surface area (Å²) in [4.78, 5) is 5.66. The van der Waals surface area contributed by atoms with Crippen molar-refractivity contribution >= 4 is 11.8 Å². The third-order valence-corrected chi connectivity index (χ3v) is 7.22. The van der Waals surface area contributed by atoms with Gasteiger partial charge in [0.15, 0.2) is 0 Å². The summed E-state index contributed by atoms with van der Waals surface area (Å²) in [6.45, 7) is 7.79. The molecule has 1 saturated carbocycles. The van der Waals surface area contributed by atoms with Crippen LogP contribution in [0.1, 0.15) is 51.9 Å². The van der Waals surface area contributed by atoms with Crippen LogP contribution in [0.3, 0.4) is 0 Å². The number of piperidine rings is 1. The summed E-state index contributed by atoms with van der Waals surface area (Å²) < 4.78 is 0.615. The van der Waals surface area contributed by atoms with Gasteiger partial charge >= 0.3 is 0 Å². The monoisotopic (exact) mass is 282 g/mol. The van der Waals surface area contributed by atoms with Gasteiger partial charge in [-0.05, 0) is 44.9 Å². The summed E-state index contributed by atoms with van der Waals surface area (Å²) in [5, 5.41) is 0. The molecule has 19 heavy (non-hydrogen) atoms. The molecule has 2 aliphatic heterocycles. The number of nitrogens with zero attached hydrogens (tertiary/aromatic N) is 2. The molecule has 3 aliphatic rings. The standard InChI is InChI=1S/C16H30N2S/c1-3-14-11-17-10-5-4-7-15(17)12-18(14)13-16(19-2)8-6-9-16/h14-15H,3-13H2,1-2H3. The Morgan fingerprint density at radius 1 is 1.16 bits per heavy atom. The summed E-state index contributed by atoms with van der Waals surface area (Å²) in [6, 6.07) is 1.69. The van der Waals surface area contributed by atoms with E-state index in [2.05, 4.69) is 34.7 Å². The molecule has 3 heteroatoms. The maximum Gasteiger partial charge on any atom is 0.0284 e. The Labute approximate surface area is 123 Å². The highest BCUT2D eigenvalue weighted by molar-refractivity contribution is 8.00. The Hall–Kier alpha value is 0.270. The third-order valence-electron chi connectivity index (χ3n) is 5.82. The fourth-order valence-corrected chi connectivity index (χ4v) is 5.25. The number of rotatable bonds is 4. The second-order valence-electron chi connectivity index (χ2n) is 6.88. The van der Waals surface area contributed by atoms with Crippen LogP contribution in [0.5, 0.6) is 0 Å². The topological polar surface area (TPSA) is 6.48 Å². The summed E-state index contributed by atoms with van der Waals surface area (Å²) in [5.41, 5.74) is 0. The zero-order valence-electron chi connectivity index (χ0n) is 12.7. The smallest absolute Gasteiger partial charge is 0.0284 e. The van der Waals surface area contributed by atoms with Crippen LogP contribution in [0.25, 0.3) is 0 Å². The first-order valence-corrected chi connectivity index (χ1v) is 9.52. The zero-order valence-corrected chi connectivity index (χ0v) is 13.6. The van der Waals surface area contributed by atoms with Gasteiger partial charge in [-0.25, -0.2) is 0 Å².